The molecule has 1 fully saturated rings. The van der Waals surface area contributed by atoms with Crippen molar-refractivity contribution in [1.82, 2.24) is 10.2 Å². The number of nitrogens with one attached hydrogen (secondary N) is 1. The highest BCUT2D eigenvalue weighted by atomic mass is 35.5. The summed E-state index contributed by atoms with van der Waals surface area (Å²) < 4.78 is 5.74. The minimum atomic E-state index is 0. The van der Waals surface area contributed by atoms with E-state index in [0.717, 1.165) is 38.1 Å². The molecule has 2 rings (SSSR count). The molecule has 1 N–H and O–H groups in total. The number of benzene rings is 1. The van der Waals surface area contributed by atoms with Gasteiger partial charge in [-0.05, 0) is 69.5 Å². The van der Waals surface area contributed by atoms with Crippen molar-refractivity contribution in [3.05, 3.63) is 29.3 Å². The number of hydrogen-bond acceptors (Lipinski definition) is 3. The fourth-order valence-corrected chi connectivity index (χ4v) is 2.79. The minimum Gasteiger partial charge on any atom is -0.494 e. The normalized spacial score (nSPS) is 14.9. The van der Waals surface area contributed by atoms with E-state index in [1.54, 1.807) is 0 Å². The van der Waals surface area contributed by atoms with Crippen molar-refractivity contribution in [3.63, 3.8) is 0 Å². The van der Waals surface area contributed by atoms with Crippen LogP contribution in [0.3, 0.4) is 0 Å². The number of carbonyl (C=O) groups is 1. The predicted octanol–water partition coefficient (Wildman–Crippen LogP) is 3.09. The van der Waals surface area contributed by atoms with Gasteiger partial charge in [0.25, 0.3) is 0 Å². The van der Waals surface area contributed by atoms with Gasteiger partial charge in [-0.2, -0.15) is 0 Å². The number of amides is 1. The van der Waals surface area contributed by atoms with Crippen molar-refractivity contribution in [2.75, 3.05) is 26.7 Å². The van der Waals surface area contributed by atoms with Gasteiger partial charge in [0.1, 0.15) is 5.75 Å². The van der Waals surface area contributed by atoms with Gasteiger partial charge in [0.2, 0.25) is 5.91 Å². The van der Waals surface area contributed by atoms with Crippen LogP contribution in [0.15, 0.2) is 18.2 Å². The largest absolute Gasteiger partial charge is 0.494 e. The highest BCUT2D eigenvalue weighted by Gasteiger charge is 2.21. The minimum absolute atomic E-state index is 0. The zero-order chi connectivity index (χ0) is 15.9. The molecule has 1 aromatic carbocycles. The summed E-state index contributed by atoms with van der Waals surface area (Å²) >= 11 is 0. The molecule has 0 aliphatic carbocycles. The summed E-state index contributed by atoms with van der Waals surface area (Å²) in [5, 5.41) is 3.33. The maximum atomic E-state index is 12.2. The molecule has 0 unspecified atom stereocenters. The first-order valence-electron chi connectivity index (χ1n) is 8.24. The first-order chi connectivity index (χ1) is 10.6. The number of rotatable bonds is 6. The summed E-state index contributed by atoms with van der Waals surface area (Å²) in [6.45, 7) is 6.79. The van der Waals surface area contributed by atoms with Crippen molar-refractivity contribution in [1.29, 1.82) is 0 Å². The molecule has 5 heteroatoms. The molecule has 1 aliphatic heterocycles. The zero-order valence-electron chi connectivity index (χ0n) is 14.4. The van der Waals surface area contributed by atoms with Crippen LogP contribution in [0.4, 0.5) is 0 Å². The highest BCUT2D eigenvalue weighted by Crippen LogP contribution is 2.17. The van der Waals surface area contributed by atoms with Gasteiger partial charge in [0.05, 0.1) is 6.61 Å². The van der Waals surface area contributed by atoms with Gasteiger partial charge in [-0.15, -0.1) is 12.4 Å². The molecule has 0 atom stereocenters. The molecule has 1 aliphatic rings. The summed E-state index contributed by atoms with van der Waals surface area (Å²) in [6.07, 6.45) is 3.44. The van der Waals surface area contributed by atoms with Gasteiger partial charge >= 0.3 is 0 Å². The Bertz CT molecular complexity index is 502. The Balaban J connectivity index is 0.00000264. The van der Waals surface area contributed by atoms with E-state index in [9.17, 15) is 4.79 Å². The Morgan fingerprint density at radius 1 is 1.26 bits per heavy atom. The first-order valence-corrected chi connectivity index (χ1v) is 8.24. The lowest BCUT2D eigenvalue weighted by molar-refractivity contribution is -0.132. The molecule has 4 nitrogen and oxygen atoms in total. The second-order valence-electron chi connectivity index (χ2n) is 6.18. The Morgan fingerprint density at radius 3 is 2.61 bits per heavy atom. The van der Waals surface area contributed by atoms with E-state index in [2.05, 4.69) is 31.3 Å². The smallest absolute Gasteiger partial charge is 0.222 e. The lowest BCUT2D eigenvalue weighted by atomic mass is 10.0. The molecule has 0 aromatic heterocycles. The van der Waals surface area contributed by atoms with Crippen molar-refractivity contribution in [3.8, 4) is 5.75 Å². The van der Waals surface area contributed by atoms with Crippen molar-refractivity contribution >= 4 is 18.3 Å². The summed E-state index contributed by atoms with van der Waals surface area (Å²) in [6, 6.07) is 6.51. The van der Waals surface area contributed by atoms with Gasteiger partial charge in [-0.3, -0.25) is 4.79 Å². The van der Waals surface area contributed by atoms with Crippen molar-refractivity contribution < 1.29 is 9.53 Å². The molecule has 130 valence electrons. The van der Waals surface area contributed by atoms with Crippen molar-refractivity contribution in [2.45, 2.75) is 45.6 Å². The Kier molecular flexibility index (Phi) is 8.42. The van der Waals surface area contributed by atoms with Crippen LogP contribution in [0.5, 0.6) is 5.75 Å². The van der Waals surface area contributed by atoms with Crippen LogP contribution in [0, 0.1) is 13.8 Å². The number of aryl methyl sites for hydroxylation is 2. The van der Waals surface area contributed by atoms with Gasteiger partial charge < -0.3 is 15.0 Å². The van der Waals surface area contributed by atoms with Gasteiger partial charge in [-0.1, -0.05) is 6.07 Å². The summed E-state index contributed by atoms with van der Waals surface area (Å²) in [4.78, 5) is 14.1. The number of hydrogen-bond donors (Lipinski definition) is 1. The molecule has 0 spiro atoms. The molecule has 1 aromatic rings. The van der Waals surface area contributed by atoms with Crippen LogP contribution in [0.25, 0.3) is 0 Å². The van der Waals surface area contributed by atoms with Crippen molar-refractivity contribution in [2.24, 2.45) is 0 Å². The molecule has 23 heavy (non-hydrogen) atoms. The average Bonchev–Trinajstić information content (AvgIpc) is 2.54. The fraction of sp³-hybridized carbons (Fsp3) is 0.611. The van der Waals surface area contributed by atoms with E-state index in [4.69, 9.17) is 4.74 Å². The van der Waals surface area contributed by atoms with E-state index >= 15 is 0 Å². The summed E-state index contributed by atoms with van der Waals surface area (Å²) in [5.74, 6) is 1.12. The van der Waals surface area contributed by atoms with Crippen LogP contribution in [-0.2, 0) is 4.79 Å². The van der Waals surface area contributed by atoms with Gasteiger partial charge in [0, 0.05) is 19.5 Å². The molecular weight excluding hydrogens is 312 g/mol. The number of carbonyl (C=O) groups excluding carboxylic acids is 1. The van der Waals surface area contributed by atoms with Gasteiger partial charge in [-0.25, -0.2) is 0 Å². The fourth-order valence-electron chi connectivity index (χ4n) is 2.79. The Labute approximate surface area is 146 Å². The van der Waals surface area contributed by atoms with Crippen LogP contribution in [-0.4, -0.2) is 43.6 Å². The number of halogens is 1. The standard InChI is InChI=1S/C18H28N2O2.ClH/c1-14-6-7-17(13-15(14)2)22-12-4-5-18(21)20(3)16-8-10-19-11-9-16;/h6-7,13,16,19H,4-5,8-12H2,1-3H3;1H. The molecule has 0 bridgehead atoms. The van der Waals surface area contributed by atoms with E-state index in [0.29, 0.717) is 19.1 Å². The van der Waals surface area contributed by atoms with Gasteiger partial charge in [0.15, 0.2) is 0 Å². The number of nitrogens with zero attached hydrogens (tertiary/aromatic N) is 1. The van der Waals surface area contributed by atoms with E-state index in [-0.39, 0.29) is 18.3 Å². The third-order valence-corrected chi connectivity index (χ3v) is 4.53. The lowest BCUT2D eigenvalue weighted by Gasteiger charge is -2.31. The van der Waals surface area contributed by atoms with Crippen LogP contribution >= 0.6 is 12.4 Å². The third-order valence-electron chi connectivity index (χ3n) is 4.53. The van der Waals surface area contributed by atoms with Crippen LogP contribution in [0.2, 0.25) is 0 Å². The monoisotopic (exact) mass is 340 g/mol. The lowest BCUT2D eigenvalue weighted by Crippen LogP contribution is -2.43. The highest BCUT2D eigenvalue weighted by molar-refractivity contribution is 5.85. The molecule has 1 amide bonds. The Morgan fingerprint density at radius 2 is 1.96 bits per heavy atom. The molecular formula is C18H29ClN2O2. The molecule has 0 saturated carbocycles. The maximum Gasteiger partial charge on any atom is 0.222 e. The Hall–Kier alpha value is -1.26. The van der Waals surface area contributed by atoms with Crippen LogP contribution in [0.1, 0.15) is 36.8 Å². The zero-order valence-corrected chi connectivity index (χ0v) is 15.2. The molecule has 1 heterocycles. The van der Waals surface area contributed by atoms with Crippen LogP contribution < -0.4 is 10.1 Å². The average molecular weight is 341 g/mol. The van der Waals surface area contributed by atoms with E-state index < -0.39 is 0 Å². The summed E-state index contributed by atoms with van der Waals surface area (Å²) in [7, 11) is 1.93. The SMILES string of the molecule is Cc1ccc(OCCCC(=O)N(C)C2CCNCC2)cc1C.Cl. The van der Waals surface area contributed by atoms with E-state index in [1.807, 2.05) is 18.0 Å². The predicted molar refractivity (Wildman–Crippen MR) is 96.6 cm³/mol. The molecule has 0 radical (unpaired) electrons. The van der Waals surface area contributed by atoms with E-state index in [1.165, 1.54) is 11.1 Å². The second-order valence-corrected chi connectivity index (χ2v) is 6.18. The topological polar surface area (TPSA) is 41.6 Å². The second kappa shape index (κ2) is 9.78. The summed E-state index contributed by atoms with van der Waals surface area (Å²) in [5.41, 5.74) is 2.50. The quantitative estimate of drug-likeness (QED) is 0.809. The number of piperidine rings is 1. The first kappa shape index (κ1) is 19.8. The maximum absolute atomic E-state index is 12.2. The number of ether oxygens (including phenoxy) is 1. The molecule has 1 saturated heterocycles. The third kappa shape index (κ3) is 6.04.